The molecule has 1 N–H and O–H groups in total. The number of hydrogen-bond donors (Lipinski definition) is 1. The van der Waals surface area contributed by atoms with E-state index in [0.29, 0.717) is 43.2 Å². The maximum absolute atomic E-state index is 14.4. The van der Waals surface area contributed by atoms with Gasteiger partial charge in [-0.3, -0.25) is 4.57 Å². The maximum atomic E-state index is 14.4. The zero-order chi connectivity index (χ0) is 23.8. The summed E-state index contributed by atoms with van der Waals surface area (Å²) in [6, 6.07) is 11.9. The lowest BCUT2D eigenvalue weighted by molar-refractivity contribution is 0.0692. The van der Waals surface area contributed by atoms with Crippen LogP contribution in [-0.4, -0.2) is 56.9 Å². The molecule has 174 valence electrons. The van der Waals surface area contributed by atoms with Gasteiger partial charge in [-0.2, -0.15) is 4.98 Å². The predicted molar refractivity (Wildman–Crippen MR) is 117 cm³/mol. The van der Waals surface area contributed by atoms with E-state index in [1.807, 2.05) is 4.90 Å². The average molecular weight is 469 g/mol. The van der Waals surface area contributed by atoms with Gasteiger partial charge in [0.15, 0.2) is 5.82 Å². The molecule has 0 radical (unpaired) electrons. The molecule has 0 atom stereocenters. The first-order valence-corrected chi connectivity index (χ1v) is 10.4. The summed E-state index contributed by atoms with van der Waals surface area (Å²) in [5, 5.41) is 9.13. The normalized spacial score (nSPS) is 14.2. The highest BCUT2D eigenvalue weighted by Gasteiger charge is 2.24. The number of carboxylic acid groups (broad SMARTS) is 1. The van der Waals surface area contributed by atoms with Crippen LogP contribution in [0.5, 0.6) is 0 Å². The number of aromatic carboxylic acids is 1. The third-order valence-electron chi connectivity index (χ3n) is 5.51. The molecule has 4 aromatic rings. The smallest absolute Gasteiger partial charge is 0.338 e. The van der Waals surface area contributed by atoms with Gasteiger partial charge in [0.25, 0.3) is 6.43 Å². The number of aromatic nitrogens is 4. The molecule has 2 aromatic heterocycles. The van der Waals surface area contributed by atoms with Crippen molar-refractivity contribution in [2.75, 3.05) is 31.2 Å². The van der Waals surface area contributed by atoms with Crippen LogP contribution in [-0.2, 0) is 4.74 Å². The van der Waals surface area contributed by atoms with Gasteiger partial charge in [0.2, 0.25) is 5.95 Å². The second-order valence-corrected chi connectivity index (χ2v) is 7.61. The van der Waals surface area contributed by atoms with Crippen LogP contribution >= 0.6 is 0 Å². The van der Waals surface area contributed by atoms with Gasteiger partial charge in [-0.05, 0) is 24.3 Å². The van der Waals surface area contributed by atoms with Crippen molar-refractivity contribution in [3.8, 4) is 17.2 Å². The van der Waals surface area contributed by atoms with E-state index in [1.165, 1.54) is 10.6 Å². The van der Waals surface area contributed by atoms with Gasteiger partial charge in [0.05, 0.1) is 35.5 Å². The van der Waals surface area contributed by atoms with E-state index < -0.39 is 29.6 Å². The summed E-state index contributed by atoms with van der Waals surface area (Å²) in [7, 11) is 0. The van der Waals surface area contributed by atoms with Crippen LogP contribution in [0.3, 0.4) is 0 Å². The number of anilines is 1. The number of ether oxygens (including phenoxy) is 1. The van der Waals surface area contributed by atoms with Crippen molar-refractivity contribution in [1.82, 2.24) is 19.5 Å². The molecule has 5 rings (SSSR count). The van der Waals surface area contributed by atoms with E-state index in [4.69, 9.17) is 9.84 Å². The molecule has 1 aliphatic heterocycles. The number of halogens is 3. The fourth-order valence-corrected chi connectivity index (χ4v) is 3.87. The molecule has 1 aliphatic rings. The number of imidazole rings is 1. The lowest BCUT2D eigenvalue weighted by Crippen LogP contribution is -2.37. The summed E-state index contributed by atoms with van der Waals surface area (Å²) in [5.74, 6) is -2.44. The Kier molecular flexibility index (Phi) is 5.62. The van der Waals surface area contributed by atoms with E-state index in [2.05, 4.69) is 15.0 Å². The molecule has 0 amide bonds. The molecule has 11 heteroatoms. The second kappa shape index (κ2) is 8.75. The van der Waals surface area contributed by atoms with Crippen molar-refractivity contribution in [2.24, 2.45) is 0 Å². The Bertz CT molecular complexity index is 1390. The van der Waals surface area contributed by atoms with Gasteiger partial charge in [0, 0.05) is 24.7 Å². The number of carboxylic acids is 1. The predicted octanol–water partition coefficient (Wildman–Crippen LogP) is 4.09. The van der Waals surface area contributed by atoms with E-state index >= 15 is 0 Å². The Labute approximate surface area is 191 Å². The topological polar surface area (TPSA) is 93.4 Å². The molecule has 0 aliphatic carbocycles. The molecule has 0 bridgehead atoms. The van der Waals surface area contributed by atoms with Crippen molar-refractivity contribution in [3.63, 3.8) is 0 Å². The monoisotopic (exact) mass is 469 g/mol. The number of benzene rings is 2. The molecular weight excluding hydrogens is 451 g/mol. The number of hydrogen-bond acceptors (Lipinski definition) is 6. The average Bonchev–Trinajstić information content (AvgIpc) is 3.24. The summed E-state index contributed by atoms with van der Waals surface area (Å²) in [5.41, 5.74) is 0.808. The molecular formula is C23H18F3N5O3. The minimum absolute atomic E-state index is 0.0503. The lowest BCUT2D eigenvalue weighted by atomic mass is 10.1. The molecule has 0 saturated carbocycles. The van der Waals surface area contributed by atoms with Crippen LogP contribution in [0.15, 0.2) is 48.5 Å². The fraction of sp³-hybridized carbons (Fsp3) is 0.217. The van der Waals surface area contributed by atoms with Gasteiger partial charge in [-0.25, -0.2) is 27.9 Å². The van der Waals surface area contributed by atoms with E-state index in [1.54, 1.807) is 30.3 Å². The van der Waals surface area contributed by atoms with Crippen molar-refractivity contribution in [3.05, 3.63) is 65.7 Å². The minimum Gasteiger partial charge on any atom is -0.478 e. The van der Waals surface area contributed by atoms with E-state index in [0.717, 1.165) is 12.1 Å². The Hall–Kier alpha value is -3.99. The quantitative estimate of drug-likeness (QED) is 0.471. The summed E-state index contributed by atoms with van der Waals surface area (Å²) >= 11 is 0. The van der Waals surface area contributed by atoms with Crippen LogP contribution in [0.2, 0.25) is 0 Å². The van der Waals surface area contributed by atoms with Crippen LogP contribution in [0, 0.1) is 5.82 Å². The highest BCUT2D eigenvalue weighted by Crippen LogP contribution is 2.30. The highest BCUT2D eigenvalue weighted by atomic mass is 19.3. The zero-order valence-corrected chi connectivity index (χ0v) is 17.7. The largest absolute Gasteiger partial charge is 0.478 e. The first-order valence-electron chi connectivity index (χ1n) is 10.4. The summed E-state index contributed by atoms with van der Waals surface area (Å²) in [6.45, 7) is 1.98. The van der Waals surface area contributed by atoms with Crippen LogP contribution in [0.1, 0.15) is 22.6 Å². The summed E-state index contributed by atoms with van der Waals surface area (Å²) in [6.07, 6.45) is -2.89. The summed E-state index contributed by atoms with van der Waals surface area (Å²) < 4.78 is 48.9. The standard InChI is InChI=1S/C23H18F3N5O3/c24-15-11-13(5-6-14(15)22(32)33)17-12-19(30-7-9-34-10-8-30)29-23(28-17)31-18-4-2-1-3-16(18)27-21(31)20(25)26/h1-6,11-12,20H,7-10H2,(H,32,33). The Balaban J connectivity index is 1.73. The Morgan fingerprint density at radius 2 is 1.79 bits per heavy atom. The number of para-hydroxylation sites is 2. The van der Waals surface area contributed by atoms with E-state index in [-0.39, 0.29) is 17.2 Å². The van der Waals surface area contributed by atoms with Gasteiger partial charge in [-0.15, -0.1) is 0 Å². The Morgan fingerprint density at radius 1 is 1.03 bits per heavy atom. The van der Waals surface area contributed by atoms with Crippen molar-refractivity contribution >= 4 is 22.8 Å². The highest BCUT2D eigenvalue weighted by molar-refractivity contribution is 5.88. The van der Waals surface area contributed by atoms with Gasteiger partial charge in [0.1, 0.15) is 11.6 Å². The van der Waals surface area contributed by atoms with E-state index in [9.17, 15) is 18.0 Å². The molecule has 0 unspecified atom stereocenters. The number of morpholine rings is 1. The zero-order valence-electron chi connectivity index (χ0n) is 17.7. The van der Waals surface area contributed by atoms with Crippen LogP contribution < -0.4 is 4.90 Å². The van der Waals surface area contributed by atoms with Crippen LogP contribution in [0.25, 0.3) is 28.2 Å². The van der Waals surface area contributed by atoms with Crippen molar-refractivity contribution in [2.45, 2.75) is 6.43 Å². The Morgan fingerprint density at radius 3 is 2.50 bits per heavy atom. The third-order valence-corrected chi connectivity index (χ3v) is 5.51. The maximum Gasteiger partial charge on any atom is 0.338 e. The van der Waals surface area contributed by atoms with Crippen molar-refractivity contribution in [1.29, 1.82) is 0 Å². The number of fused-ring (bicyclic) bond motifs is 1. The molecule has 3 heterocycles. The molecule has 34 heavy (non-hydrogen) atoms. The van der Waals surface area contributed by atoms with Crippen LogP contribution in [0.4, 0.5) is 19.0 Å². The number of nitrogens with zero attached hydrogens (tertiary/aromatic N) is 5. The van der Waals surface area contributed by atoms with Gasteiger partial charge >= 0.3 is 5.97 Å². The number of rotatable bonds is 5. The van der Waals surface area contributed by atoms with Crippen molar-refractivity contribution < 1.29 is 27.8 Å². The van der Waals surface area contributed by atoms with Gasteiger partial charge < -0.3 is 14.7 Å². The molecule has 1 fully saturated rings. The lowest BCUT2D eigenvalue weighted by Gasteiger charge is -2.28. The molecule has 2 aromatic carbocycles. The second-order valence-electron chi connectivity index (χ2n) is 7.61. The number of alkyl halides is 2. The minimum atomic E-state index is -2.89. The SMILES string of the molecule is O=C(O)c1ccc(-c2cc(N3CCOCC3)nc(-n3c(C(F)F)nc4ccccc43)n2)cc1F. The molecule has 0 spiro atoms. The first kappa shape index (κ1) is 21.8. The number of carbonyl (C=O) groups is 1. The molecule has 1 saturated heterocycles. The molecule has 8 nitrogen and oxygen atoms in total. The first-order chi connectivity index (χ1) is 16.4. The summed E-state index contributed by atoms with van der Waals surface area (Å²) in [4.78, 5) is 26.2. The third kappa shape index (κ3) is 3.94. The van der Waals surface area contributed by atoms with Gasteiger partial charge in [-0.1, -0.05) is 18.2 Å². The fourth-order valence-electron chi connectivity index (χ4n) is 3.87.